The van der Waals surface area contributed by atoms with E-state index < -0.39 is 26.7 Å². The Hall–Kier alpha value is -2.55. The van der Waals surface area contributed by atoms with Crippen LogP contribution in [0, 0.1) is 10.1 Å². The van der Waals surface area contributed by atoms with Crippen LogP contribution in [0.2, 0.25) is 0 Å². The van der Waals surface area contributed by atoms with Crippen LogP contribution < -0.4 is 4.72 Å². The van der Waals surface area contributed by atoms with Crippen LogP contribution in [0.4, 0.5) is 5.69 Å². The Kier molecular flexibility index (Phi) is 6.62. The molecule has 0 aliphatic rings. The predicted molar refractivity (Wildman–Crippen MR) is 99.1 cm³/mol. The van der Waals surface area contributed by atoms with E-state index in [2.05, 4.69) is 4.72 Å². The zero-order valence-corrected chi connectivity index (χ0v) is 15.0. The first-order chi connectivity index (χ1) is 12.3. The van der Waals surface area contributed by atoms with Gasteiger partial charge in [0.25, 0.3) is 5.69 Å². The van der Waals surface area contributed by atoms with Gasteiger partial charge in [0, 0.05) is 12.6 Å². The summed E-state index contributed by atoms with van der Waals surface area (Å²) in [5.74, 6) is 0. The lowest BCUT2D eigenvalue weighted by atomic mass is 10.0. The molecule has 2 N–H and O–H groups in total. The molecule has 0 fully saturated rings. The average Bonchev–Trinajstić information content (AvgIpc) is 2.60. The summed E-state index contributed by atoms with van der Waals surface area (Å²) in [7, 11) is -3.99. The van der Waals surface area contributed by atoms with Gasteiger partial charge in [0.2, 0.25) is 10.0 Å². The minimum absolute atomic E-state index is 0.0912. The number of hydrogen-bond donors (Lipinski definition) is 2. The molecule has 138 valence electrons. The number of sulfonamides is 1. The summed E-state index contributed by atoms with van der Waals surface area (Å²) in [5.41, 5.74) is 1.31. The SMILES string of the molecule is C[C@H](O)/C=C/c1ccccc1CCNS(=O)(=O)c1ccccc1[N+](=O)[O-]. The van der Waals surface area contributed by atoms with E-state index in [0.717, 1.165) is 17.2 Å². The highest BCUT2D eigenvalue weighted by Crippen LogP contribution is 2.22. The molecule has 0 bridgehead atoms. The fourth-order valence-electron chi connectivity index (χ4n) is 2.40. The van der Waals surface area contributed by atoms with Gasteiger partial charge in [0.05, 0.1) is 11.0 Å². The second-order valence-electron chi connectivity index (χ2n) is 5.67. The molecule has 1 atom stereocenters. The highest BCUT2D eigenvalue weighted by Gasteiger charge is 2.24. The van der Waals surface area contributed by atoms with E-state index in [1.165, 1.54) is 18.2 Å². The molecule has 2 aromatic carbocycles. The fraction of sp³-hybridized carbons (Fsp3) is 0.222. The van der Waals surface area contributed by atoms with Crippen LogP contribution in [0.25, 0.3) is 6.08 Å². The highest BCUT2D eigenvalue weighted by molar-refractivity contribution is 7.89. The number of nitrogens with zero attached hydrogens (tertiary/aromatic N) is 1. The third-order valence-corrected chi connectivity index (χ3v) is 5.16. The first-order valence-corrected chi connectivity index (χ1v) is 9.47. The van der Waals surface area contributed by atoms with Crippen LogP contribution in [-0.4, -0.2) is 31.1 Å². The van der Waals surface area contributed by atoms with Crippen molar-refractivity contribution in [1.82, 2.24) is 4.72 Å². The van der Waals surface area contributed by atoms with Crippen molar-refractivity contribution in [2.45, 2.75) is 24.3 Å². The summed E-state index contributed by atoms with van der Waals surface area (Å²) < 4.78 is 27.2. The molecule has 0 aromatic heterocycles. The lowest BCUT2D eigenvalue weighted by molar-refractivity contribution is -0.387. The number of nitrogens with one attached hydrogen (secondary N) is 1. The van der Waals surface area contributed by atoms with Crippen LogP contribution in [0.1, 0.15) is 18.1 Å². The predicted octanol–water partition coefficient (Wildman–Crippen LogP) is 2.51. The minimum atomic E-state index is -3.99. The molecule has 0 aliphatic carbocycles. The van der Waals surface area contributed by atoms with Gasteiger partial charge >= 0.3 is 0 Å². The quantitative estimate of drug-likeness (QED) is 0.543. The van der Waals surface area contributed by atoms with Gasteiger partial charge in [-0.15, -0.1) is 0 Å². The molecule has 0 unspecified atom stereocenters. The first kappa shape index (κ1) is 19.8. The van der Waals surface area contributed by atoms with Gasteiger partial charge in [-0.1, -0.05) is 48.6 Å². The van der Waals surface area contributed by atoms with Crippen LogP contribution in [0.3, 0.4) is 0 Å². The Morgan fingerprint density at radius 3 is 2.54 bits per heavy atom. The second kappa shape index (κ2) is 8.70. The number of rotatable bonds is 8. The average molecular weight is 376 g/mol. The number of nitro groups is 1. The van der Waals surface area contributed by atoms with Crippen molar-refractivity contribution in [3.05, 3.63) is 75.8 Å². The molecule has 8 heteroatoms. The summed E-state index contributed by atoms with van der Waals surface area (Å²) in [6.07, 6.45) is 3.23. The highest BCUT2D eigenvalue weighted by atomic mass is 32.2. The number of aliphatic hydroxyl groups excluding tert-OH is 1. The summed E-state index contributed by atoms with van der Waals surface area (Å²) >= 11 is 0. The van der Waals surface area contributed by atoms with E-state index in [0.29, 0.717) is 6.42 Å². The van der Waals surface area contributed by atoms with Crippen molar-refractivity contribution in [2.75, 3.05) is 6.54 Å². The standard InChI is InChI=1S/C18H20N2O5S/c1-14(21)10-11-15-6-2-3-7-16(15)12-13-19-26(24,25)18-9-5-4-8-17(18)20(22)23/h2-11,14,19,21H,12-13H2,1H3/b11-10+/t14-/m0/s1. The van der Waals surface area contributed by atoms with Gasteiger partial charge in [-0.05, 0) is 30.5 Å². The lowest BCUT2D eigenvalue weighted by Crippen LogP contribution is -2.26. The van der Waals surface area contributed by atoms with Crippen molar-refractivity contribution in [3.63, 3.8) is 0 Å². The molecule has 7 nitrogen and oxygen atoms in total. The topological polar surface area (TPSA) is 110 Å². The van der Waals surface area contributed by atoms with Gasteiger partial charge in [0.15, 0.2) is 4.90 Å². The van der Waals surface area contributed by atoms with Crippen molar-refractivity contribution in [2.24, 2.45) is 0 Å². The van der Waals surface area contributed by atoms with E-state index >= 15 is 0 Å². The molecule has 0 spiro atoms. The van der Waals surface area contributed by atoms with Gasteiger partial charge in [-0.25, -0.2) is 13.1 Å². The molecule has 0 aliphatic heterocycles. The third-order valence-electron chi connectivity index (χ3n) is 3.65. The van der Waals surface area contributed by atoms with Gasteiger partial charge < -0.3 is 5.11 Å². The van der Waals surface area contributed by atoms with Crippen LogP contribution in [0.5, 0.6) is 0 Å². The normalized spacial score (nSPS) is 13.0. The molecular weight excluding hydrogens is 356 g/mol. The summed E-state index contributed by atoms with van der Waals surface area (Å²) in [4.78, 5) is 9.95. The van der Waals surface area contributed by atoms with Gasteiger partial charge in [0.1, 0.15) is 0 Å². The maximum Gasteiger partial charge on any atom is 0.289 e. The Bertz CT molecular complexity index is 907. The Balaban J connectivity index is 2.12. The van der Waals surface area contributed by atoms with E-state index in [9.17, 15) is 23.6 Å². The molecular formula is C18H20N2O5S. The van der Waals surface area contributed by atoms with Crippen LogP contribution in [0.15, 0.2) is 59.5 Å². The molecule has 26 heavy (non-hydrogen) atoms. The summed E-state index contributed by atoms with van der Waals surface area (Å²) in [5, 5.41) is 20.4. The van der Waals surface area contributed by atoms with Crippen LogP contribution in [-0.2, 0) is 16.4 Å². The summed E-state index contributed by atoms with van der Waals surface area (Å²) in [6.45, 7) is 1.73. The number of nitro benzene ring substituents is 1. The molecule has 0 amide bonds. The maximum absolute atomic E-state index is 12.4. The van der Waals surface area contributed by atoms with E-state index in [4.69, 9.17) is 0 Å². The van der Waals surface area contributed by atoms with E-state index in [1.807, 2.05) is 24.3 Å². The molecule has 0 radical (unpaired) electrons. The molecule has 0 saturated heterocycles. The number of para-hydroxylation sites is 1. The Morgan fingerprint density at radius 1 is 1.19 bits per heavy atom. The van der Waals surface area contributed by atoms with E-state index in [-0.39, 0.29) is 11.4 Å². The zero-order chi connectivity index (χ0) is 19.2. The maximum atomic E-state index is 12.4. The smallest absolute Gasteiger partial charge is 0.289 e. The van der Waals surface area contributed by atoms with Gasteiger partial charge in [-0.2, -0.15) is 0 Å². The van der Waals surface area contributed by atoms with Crippen molar-refractivity contribution in [3.8, 4) is 0 Å². The number of aliphatic hydroxyl groups is 1. The number of hydrogen-bond acceptors (Lipinski definition) is 5. The zero-order valence-electron chi connectivity index (χ0n) is 14.2. The Morgan fingerprint density at radius 2 is 1.85 bits per heavy atom. The molecule has 0 saturated carbocycles. The Labute approximate surface area is 152 Å². The first-order valence-electron chi connectivity index (χ1n) is 7.98. The fourth-order valence-corrected chi connectivity index (χ4v) is 3.60. The summed E-state index contributed by atoms with van der Waals surface area (Å²) in [6, 6.07) is 12.6. The molecule has 2 rings (SSSR count). The van der Waals surface area contributed by atoms with Crippen molar-refractivity contribution >= 4 is 21.8 Å². The van der Waals surface area contributed by atoms with Crippen LogP contribution >= 0.6 is 0 Å². The largest absolute Gasteiger partial charge is 0.389 e. The number of benzene rings is 2. The second-order valence-corrected chi connectivity index (χ2v) is 7.41. The van der Waals surface area contributed by atoms with Gasteiger partial charge in [-0.3, -0.25) is 10.1 Å². The molecule has 0 heterocycles. The third kappa shape index (κ3) is 5.22. The monoisotopic (exact) mass is 376 g/mol. The van der Waals surface area contributed by atoms with E-state index in [1.54, 1.807) is 19.1 Å². The van der Waals surface area contributed by atoms with Crippen molar-refractivity contribution in [1.29, 1.82) is 0 Å². The minimum Gasteiger partial charge on any atom is -0.389 e. The lowest BCUT2D eigenvalue weighted by Gasteiger charge is -2.09. The molecule has 2 aromatic rings. The van der Waals surface area contributed by atoms with Crippen molar-refractivity contribution < 1.29 is 18.4 Å².